The van der Waals surface area contributed by atoms with Crippen molar-refractivity contribution in [3.05, 3.63) is 60.0 Å². The smallest absolute Gasteiger partial charge is 0.253 e. The number of likely N-dealkylation sites (tertiary alicyclic amines) is 1. The van der Waals surface area contributed by atoms with Crippen LogP contribution in [0.2, 0.25) is 0 Å². The van der Waals surface area contributed by atoms with Crippen LogP contribution >= 0.6 is 0 Å². The second kappa shape index (κ2) is 10.3. The fraction of sp³-hybridized carbons (Fsp3) is 0.360. The minimum atomic E-state index is -0.0486. The van der Waals surface area contributed by atoms with Crippen molar-refractivity contribution >= 4 is 17.5 Å². The van der Waals surface area contributed by atoms with Gasteiger partial charge in [0.1, 0.15) is 5.75 Å². The normalized spacial score (nSPS) is 14.2. The number of ether oxygens (including phenoxy) is 1. The van der Waals surface area contributed by atoms with Gasteiger partial charge in [0, 0.05) is 42.2 Å². The minimum absolute atomic E-state index is 0.0219. The molecule has 4 rings (SSSR count). The Morgan fingerprint density at radius 2 is 1.88 bits per heavy atom. The Hall–Kier alpha value is -3.68. The van der Waals surface area contributed by atoms with Gasteiger partial charge in [0.25, 0.3) is 5.91 Å². The summed E-state index contributed by atoms with van der Waals surface area (Å²) in [5, 5.41) is 6.98. The average molecular weight is 449 g/mol. The van der Waals surface area contributed by atoms with Gasteiger partial charge in [-0.15, -0.1) is 0 Å². The molecule has 2 aromatic carbocycles. The van der Waals surface area contributed by atoms with Gasteiger partial charge in [0.2, 0.25) is 17.6 Å². The Kier molecular flexibility index (Phi) is 7.02. The summed E-state index contributed by atoms with van der Waals surface area (Å²) in [7, 11) is 0. The van der Waals surface area contributed by atoms with E-state index in [2.05, 4.69) is 15.5 Å². The van der Waals surface area contributed by atoms with E-state index in [1.54, 1.807) is 12.1 Å². The van der Waals surface area contributed by atoms with E-state index < -0.39 is 0 Å². The summed E-state index contributed by atoms with van der Waals surface area (Å²) in [6, 6.07) is 14.7. The molecular weight excluding hydrogens is 420 g/mol. The van der Waals surface area contributed by atoms with Crippen LogP contribution in [0.15, 0.2) is 53.1 Å². The lowest BCUT2D eigenvalue weighted by Gasteiger charge is -2.30. The Labute approximate surface area is 192 Å². The Bertz CT molecular complexity index is 1100. The summed E-state index contributed by atoms with van der Waals surface area (Å²) < 4.78 is 11.0. The zero-order chi connectivity index (χ0) is 23.2. The molecule has 1 fully saturated rings. The van der Waals surface area contributed by atoms with Crippen molar-refractivity contribution in [2.75, 3.05) is 25.0 Å². The van der Waals surface area contributed by atoms with Crippen molar-refractivity contribution in [1.29, 1.82) is 0 Å². The molecule has 2 heterocycles. The molecule has 0 spiro atoms. The number of carbonyl (C=O) groups is 2. The number of nitrogens with one attached hydrogen (secondary N) is 1. The fourth-order valence-corrected chi connectivity index (χ4v) is 3.88. The topological polar surface area (TPSA) is 97.6 Å². The number of carbonyl (C=O) groups excluding carboxylic acids is 2. The van der Waals surface area contributed by atoms with E-state index in [1.165, 1.54) is 0 Å². The summed E-state index contributed by atoms with van der Waals surface area (Å²) in [5.41, 5.74) is 2.14. The van der Waals surface area contributed by atoms with Crippen molar-refractivity contribution < 1.29 is 18.8 Å². The van der Waals surface area contributed by atoms with Crippen LogP contribution in [0.4, 0.5) is 5.69 Å². The number of piperidine rings is 1. The first-order valence-corrected chi connectivity index (χ1v) is 11.3. The number of aromatic nitrogens is 2. The van der Waals surface area contributed by atoms with Gasteiger partial charge in [-0.3, -0.25) is 9.59 Å². The summed E-state index contributed by atoms with van der Waals surface area (Å²) >= 11 is 0. The molecule has 0 radical (unpaired) electrons. The largest absolute Gasteiger partial charge is 0.494 e. The van der Waals surface area contributed by atoms with E-state index in [0.29, 0.717) is 49.1 Å². The van der Waals surface area contributed by atoms with E-state index in [0.717, 1.165) is 24.2 Å². The van der Waals surface area contributed by atoms with E-state index in [4.69, 9.17) is 9.26 Å². The summed E-state index contributed by atoms with van der Waals surface area (Å²) in [4.78, 5) is 30.9. The lowest BCUT2D eigenvalue weighted by atomic mass is 9.96. The van der Waals surface area contributed by atoms with Crippen LogP contribution in [0.25, 0.3) is 11.4 Å². The lowest BCUT2D eigenvalue weighted by molar-refractivity contribution is -0.115. The Morgan fingerprint density at radius 1 is 1.12 bits per heavy atom. The zero-order valence-electron chi connectivity index (χ0n) is 18.9. The van der Waals surface area contributed by atoms with Crippen LogP contribution < -0.4 is 10.1 Å². The molecule has 8 heteroatoms. The van der Waals surface area contributed by atoms with Gasteiger partial charge in [-0.05, 0) is 56.2 Å². The Morgan fingerprint density at radius 3 is 2.58 bits per heavy atom. The number of anilines is 1. The molecule has 8 nitrogen and oxygen atoms in total. The summed E-state index contributed by atoms with van der Waals surface area (Å²) in [6.07, 6.45) is 1.93. The molecule has 0 unspecified atom stereocenters. The molecule has 33 heavy (non-hydrogen) atoms. The van der Waals surface area contributed by atoms with Crippen LogP contribution in [-0.4, -0.2) is 46.6 Å². The first-order valence-electron chi connectivity index (χ1n) is 11.3. The highest BCUT2D eigenvalue weighted by Gasteiger charge is 2.28. The molecule has 1 aliphatic heterocycles. The van der Waals surface area contributed by atoms with Crippen LogP contribution in [0, 0.1) is 0 Å². The summed E-state index contributed by atoms with van der Waals surface area (Å²) in [6.45, 7) is 5.60. The van der Waals surface area contributed by atoms with E-state index >= 15 is 0 Å². The van der Waals surface area contributed by atoms with E-state index in [-0.39, 0.29) is 17.7 Å². The molecule has 0 aliphatic carbocycles. The monoisotopic (exact) mass is 448 g/mol. The Balaban J connectivity index is 1.36. The summed E-state index contributed by atoms with van der Waals surface area (Å²) in [5.74, 6) is 1.92. The lowest BCUT2D eigenvalue weighted by Crippen LogP contribution is -2.38. The van der Waals surface area contributed by atoms with Crippen LogP contribution in [0.5, 0.6) is 5.75 Å². The van der Waals surface area contributed by atoms with Gasteiger partial charge >= 0.3 is 0 Å². The fourth-order valence-electron chi connectivity index (χ4n) is 3.88. The van der Waals surface area contributed by atoms with Crippen LogP contribution in [0.1, 0.15) is 55.3 Å². The number of benzene rings is 2. The molecule has 0 saturated carbocycles. The number of rotatable bonds is 7. The second-order valence-electron chi connectivity index (χ2n) is 7.96. The number of nitrogens with zero attached hydrogens (tertiary/aromatic N) is 3. The third-order valence-electron chi connectivity index (χ3n) is 5.71. The van der Waals surface area contributed by atoms with Crippen molar-refractivity contribution in [3.63, 3.8) is 0 Å². The molecular formula is C25H28N4O4. The van der Waals surface area contributed by atoms with Crippen molar-refractivity contribution in [1.82, 2.24) is 15.0 Å². The zero-order valence-corrected chi connectivity index (χ0v) is 18.9. The van der Waals surface area contributed by atoms with Crippen LogP contribution in [-0.2, 0) is 4.79 Å². The van der Waals surface area contributed by atoms with Gasteiger partial charge in [-0.25, -0.2) is 0 Å². The third kappa shape index (κ3) is 5.39. The molecule has 2 amide bonds. The first-order chi connectivity index (χ1) is 16.1. The standard InChI is InChI=1S/C25H28N4O4/c1-3-22(30)26-20-7-5-6-19(16-20)23-27-24(33-28-23)17-12-14-29(15-13-17)25(31)18-8-10-21(11-9-18)32-4-2/h5-11,16-17H,3-4,12-15H2,1-2H3,(H,26,30). The molecule has 0 bridgehead atoms. The average Bonchev–Trinajstić information content (AvgIpc) is 3.35. The predicted octanol–water partition coefficient (Wildman–Crippen LogP) is 4.50. The maximum absolute atomic E-state index is 12.8. The molecule has 1 aromatic heterocycles. The molecule has 172 valence electrons. The number of hydrogen-bond donors (Lipinski definition) is 1. The van der Waals surface area contributed by atoms with Gasteiger partial charge in [-0.1, -0.05) is 24.2 Å². The molecule has 1 N–H and O–H groups in total. The maximum atomic E-state index is 12.8. The van der Waals surface area contributed by atoms with Crippen molar-refractivity contribution in [3.8, 4) is 17.1 Å². The maximum Gasteiger partial charge on any atom is 0.253 e. The van der Waals surface area contributed by atoms with Gasteiger partial charge in [0.05, 0.1) is 6.61 Å². The van der Waals surface area contributed by atoms with Gasteiger partial charge in [0.15, 0.2) is 0 Å². The first kappa shape index (κ1) is 22.5. The predicted molar refractivity (Wildman–Crippen MR) is 124 cm³/mol. The van der Waals surface area contributed by atoms with Gasteiger partial charge < -0.3 is 19.5 Å². The highest BCUT2D eigenvalue weighted by Crippen LogP contribution is 2.30. The van der Waals surface area contributed by atoms with Crippen molar-refractivity contribution in [2.24, 2.45) is 0 Å². The van der Waals surface area contributed by atoms with Crippen LogP contribution in [0.3, 0.4) is 0 Å². The quantitative estimate of drug-likeness (QED) is 0.571. The minimum Gasteiger partial charge on any atom is -0.494 e. The number of amides is 2. The SMILES string of the molecule is CCOc1ccc(C(=O)N2CCC(c3nc(-c4cccc(NC(=O)CC)c4)no3)CC2)cc1. The van der Waals surface area contributed by atoms with E-state index in [1.807, 2.05) is 55.1 Å². The molecule has 3 aromatic rings. The highest BCUT2D eigenvalue weighted by atomic mass is 16.5. The number of hydrogen-bond acceptors (Lipinski definition) is 6. The molecule has 1 saturated heterocycles. The third-order valence-corrected chi connectivity index (χ3v) is 5.71. The highest BCUT2D eigenvalue weighted by molar-refractivity contribution is 5.94. The molecule has 0 atom stereocenters. The second-order valence-corrected chi connectivity index (χ2v) is 7.96. The van der Waals surface area contributed by atoms with E-state index in [9.17, 15) is 9.59 Å². The van der Waals surface area contributed by atoms with Crippen molar-refractivity contribution in [2.45, 2.75) is 39.0 Å². The molecule has 1 aliphatic rings. The van der Waals surface area contributed by atoms with Gasteiger partial charge in [-0.2, -0.15) is 4.98 Å².